The van der Waals surface area contributed by atoms with Crippen molar-refractivity contribution in [3.8, 4) is 5.69 Å². The van der Waals surface area contributed by atoms with E-state index in [1.54, 1.807) is 4.80 Å². The monoisotopic (exact) mass is 398 g/mol. The lowest BCUT2D eigenvalue weighted by atomic mass is 9.96. The predicted octanol–water partition coefficient (Wildman–Crippen LogP) is 4.24. The van der Waals surface area contributed by atoms with E-state index in [-0.39, 0.29) is 12.6 Å². The number of nitrogens with zero attached hydrogens (tertiary/aromatic N) is 4. The molecule has 0 spiro atoms. The van der Waals surface area contributed by atoms with Gasteiger partial charge in [-0.25, -0.2) is 0 Å². The summed E-state index contributed by atoms with van der Waals surface area (Å²) in [7, 11) is 0. The van der Waals surface area contributed by atoms with Crippen molar-refractivity contribution in [2.24, 2.45) is 0 Å². The standard InChI is InChI=1S/C25H26N4O/c30-18-10-17-28(20-23-19-26-29(27-23)24-15-8-3-9-16-24)25(21-11-4-1-5-12-21)22-13-6-2-7-14-22/h1-9,11-16,19,25,30H,10,17-18,20H2. The second-order valence-electron chi connectivity index (χ2n) is 7.23. The minimum Gasteiger partial charge on any atom is -0.396 e. The van der Waals surface area contributed by atoms with Gasteiger partial charge in [0.15, 0.2) is 0 Å². The maximum atomic E-state index is 9.50. The normalized spacial score (nSPS) is 11.3. The predicted molar refractivity (Wildman–Crippen MR) is 118 cm³/mol. The lowest BCUT2D eigenvalue weighted by Gasteiger charge is -2.32. The molecule has 0 aliphatic rings. The Hall–Kier alpha value is -3.28. The number of hydrogen-bond donors (Lipinski definition) is 1. The molecule has 152 valence electrons. The van der Waals surface area contributed by atoms with Crippen LogP contribution < -0.4 is 0 Å². The highest BCUT2D eigenvalue weighted by Gasteiger charge is 2.23. The molecular formula is C25H26N4O. The number of aliphatic hydroxyl groups is 1. The van der Waals surface area contributed by atoms with Crippen molar-refractivity contribution >= 4 is 0 Å². The van der Waals surface area contributed by atoms with Gasteiger partial charge in [0.2, 0.25) is 0 Å². The quantitative estimate of drug-likeness (QED) is 0.458. The molecule has 0 saturated heterocycles. The van der Waals surface area contributed by atoms with Crippen LogP contribution >= 0.6 is 0 Å². The van der Waals surface area contributed by atoms with Crippen LogP contribution in [0.25, 0.3) is 5.69 Å². The van der Waals surface area contributed by atoms with Gasteiger partial charge in [-0.05, 0) is 29.7 Å². The van der Waals surface area contributed by atoms with Crippen molar-refractivity contribution in [3.63, 3.8) is 0 Å². The summed E-state index contributed by atoms with van der Waals surface area (Å²) < 4.78 is 0. The zero-order valence-electron chi connectivity index (χ0n) is 16.9. The van der Waals surface area contributed by atoms with E-state index < -0.39 is 0 Å². The number of rotatable bonds is 9. The van der Waals surface area contributed by atoms with Gasteiger partial charge in [-0.1, -0.05) is 78.9 Å². The highest BCUT2D eigenvalue weighted by Crippen LogP contribution is 2.30. The molecule has 0 atom stereocenters. The Morgan fingerprint density at radius 2 is 1.37 bits per heavy atom. The number of para-hydroxylation sites is 1. The number of aromatic nitrogens is 3. The Labute approximate surface area is 177 Å². The molecule has 3 aromatic carbocycles. The van der Waals surface area contributed by atoms with Gasteiger partial charge in [0.1, 0.15) is 0 Å². The van der Waals surface area contributed by atoms with Crippen LogP contribution in [0, 0.1) is 0 Å². The van der Waals surface area contributed by atoms with Crippen molar-refractivity contribution in [2.75, 3.05) is 13.2 Å². The first-order valence-electron chi connectivity index (χ1n) is 10.3. The van der Waals surface area contributed by atoms with E-state index in [9.17, 15) is 5.11 Å². The molecule has 0 bridgehead atoms. The van der Waals surface area contributed by atoms with E-state index in [1.807, 2.05) is 48.7 Å². The molecule has 1 aromatic heterocycles. The maximum Gasteiger partial charge on any atom is 0.0972 e. The van der Waals surface area contributed by atoms with Gasteiger partial charge in [-0.15, -0.1) is 0 Å². The number of hydrogen-bond acceptors (Lipinski definition) is 4. The Morgan fingerprint density at radius 3 is 1.93 bits per heavy atom. The first-order valence-corrected chi connectivity index (χ1v) is 10.3. The molecule has 4 aromatic rings. The molecule has 0 saturated carbocycles. The summed E-state index contributed by atoms with van der Waals surface area (Å²) in [5.74, 6) is 0. The molecule has 5 heteroatoms. The third-order valence-electron chi connectivity index (χ3n) is 5.09. The highest BCUT2D eigenvalue weighted by atomic mass is 16.3. The van der Waals surface area contributed by atoms with Gasteiger partial charge in [0.05, 0.1) is 23.6 Å². The van der Waals surface area contributed by atoms with Crippen LogP contribution in [0.5, 0.6) is 0 Å². The molecule has 4 rings (SSSR count). The molecule has 30 heavy (non-hydrogen) atoms. The van der Waals surface area contributed by atoms with Crippen molar-refractivity contribution in [1.82, 2.24) is 19.9 Å². The van der Waals surface area contributed by atoms with E-state index in [0.717, 1.165) is 17.9 Å². The molecule has 0 fully saturated rings. The number of aliphatic hydroxyl groups excluding tert-OH is 1. The van der Waals surface area contributed by atoms with Crippen LogP contribution in [0.15, 0.2) is 97.2 Å². The van der Waals surface area contributed by atoms with Crippen molar-refractivity contribution in [2.45, 2.75) is 19.0 Å². The first-order chi connectivity index (χ1) is 14.8. The van der Waals surface area contributed by atoms with Crippen LogP contribution in [0.4, 0.5) is 0 Å². The summed E-state index contributed by atoms with van der Waals surface area (Å²) in [6, 6.07) is 31.0. The van der Waals surface area contributed by atoms with Crippen molar-refractivity contribution < 1.29 is 5.11 Å². The molecule has 0 amide bonds. The maximum absolute atomic E-state index is 9.50. The summed E-state index contributed by atoms with van der Waals surface area (Å²) in [6.45, 7) is 1.55. The fourth-order valence-corrected chi connectivity index (χ4v) is 3.72. The Morgan fingerprint density at radius 1 is 0.800 bits per heavy atom. The van der Waals surface area contributed by atoms with Crippen LogP contribution in [-0.2, 0) is 6.54 Å². The summed E-state index contributed by atoms with van der Waals surface area (Å²) in [4.78, 5) is 4.03. The second-order valence-corrected chi connectivity index (χ2v) is 7.23. The van der Waals surface area contributed by atoms with Gasteiger partial charge >= 0.3 is 0 Å². The summed E-state index contributed by atoms with van der Waals surface area (Å²) in [5, 5.41) is 18.7. The minimum absolute atomic E-state index is 0.0702. The lowest BCUT2D eigenvalue weighted by Crippen LogP contribution is -2.31. The van der Waals surface area contributed by atoms with Crippen LogP contribution in [-0.4, -0.2) is 38.2 Å². The van der Waals surface area contributed by atoms with Crippen LogP contribution in [0.3, 0.4) is 0 Å². The van der Waals surface area contributed by atoms with E-state index in [0.29, 0.717) is 13.0 Å². The molecule has 1 N–H and O–H groups in total. The molecule has 0 aliphatic heterocycles. The van der Waals surface area contributed by atoms with E-state index in [2.05, 4.69) is 58.5 Å². The van der Waals surface area contributed by atoms with Crippen molar-refractivity contribution in [1.29, 1.82) is 0 Å². The molecule has 5 nitrogen and oxygen atoms in total. The molecule has 0 aliphatic carbocycles. The topological polar surface area (TPSA) is 54.2 Å². The average Bonchev–Trinajstić information content (AvgIpc) is 3.28. The first kappa shape index (κ1) is 20.0. The zero-order chi connectivity index (χ0) is 20.6. The van der Waals surface area contributed by atoms with Crippen molar-refractivity contribution in [3.05, 3.63) is 114 Å². The molecule has 0 unspecified atom stereocenters. The smallest absolute Gasteiger partial charge is 0.0972 e. The zero-order valence-corrected chi connectivity index (χ0v) is 16.9. The minimum atomic E-state index is 0.0702. The van der Waals surface area contributed by atoms with Gasteiger partial charge in [0.25, 0.3) is 0 Å². The fraction of sp³-hybridized carbons (Fsp3) is 0.200. The summed E-state index contributed by atoms with van der Waals surface area (Å²) in [5.41, 5.74) is 4.27. The van der Waals surface area contributed by atoms with E-state index in [4.69, 9.17) is 5.10 Å². The van der Waals surface area contributed by atoms with E-state index >= 15 is 0 Å². The Balaban J connectivity index is 1.65. The molecule has 1 heterocycles. The van der Waals surface area contributed by atoms with Crippen LogP contribution in [0.2, 0.25) is 0 Å². The largest absolute Gasteiger partial charge is 0.396 e. The lowest BCUT2D eigenvalue weighted by molar-refractivity contribution is 0.185. The van der Waals surface area contributed by atoms with Gasteiger partial charge in [0, 0.05) is 19.7 Å². The third kappa shape index (κ3) is 4.82. The van der Waals surface area contributed by atoms with Gasteiger partial charge < -0.3 is 5.11 Å². The summed E-state index contributed by atoms with van der Waals surface area (Å²) >= 11 is 0. The van der Waals surface area contributed by atoms with Gasteiger partial charge in [-0.2, -0.15) is 15.0 Å². The van der Waals surface area contributed by atoms with E-state index in [1.165, 1.54) is 11.1 Å². The number of benzene rings is 3. The van der Waals surface area contributed by atoms with Gasteiger partial charge in [-0.3, -0.25) is 4.90 Å². The second kappa shape index (κ2) is 9.96. The highest BCUT2D eigenvalue weighted by molar-refractivity contribution is 5.32. The fourth-order valence-electron chi connectivity index (χ4n) is 3.72. The third-order valence-corrected chi connectivity index (χ3v) is 5.09. The summed E-state index contributed by atoms with van der Waals surface area (Å²) in [6.07, 6.45) is 2.52. The molecule has 0 radical (unpaired) electrons. The van der Waals surface area contributed by atoms with Crippen LogP contribution in [0.1, 0.15) is 29.3 Å². The average molecular weight is 399 g/mol. The SMILES string of the molecule is OCCCN(Cc1cnn(-c2ccccc2)n1)C(c1ccccc1)c1ccccc1. The molecular weight excluding hydrogens is 372 g/mol. The Bertz CT molecular complexity index is 979. The Kier molecular flexibility index (Phi) is 6.65.